The Morgan fingerprint density at radius 1 is 1.15 bits per heavy atom. The second-order valence-electron chi connectivity index (χ2n) is 4.00. The molecule has 0 aliphatic heterocycles. The molecule has 0 spiro atoms. The number of amides is 2. The van der Waals surface area contributed by atoms with Crippen molar-refractivity contribution in [3.05, 3.63) is 60.4 Å². The molecule has 3 aromatic heterocycles. The van der Waals surface area contributed by atoms with Crippen LogP contribution in [0.4, 0.5) is 0 Å². The molecule has 0 saturated heterocycles. The molecule has 3 aromatic rings. The number of aromatic nitrogens is 2. The first-order valence-electron chi connectivity index (χ1n) is 5.81. The van der Waals surface area contributed by atoms with Gasteiger partial charge in [0.15, 0.2) is 5.76 Å². The predicted molar refractivity (Wildman–Crippen MR) is 68.8 cm³/mol. The zero-order chi connectivity index (χ0) is 13.9. The highest BCUT2D eigenvalue weighted by atomic mass is 16.3. The number of carbonyl (C=O) groups excluding carboxylic acids is 2. The van der Waals surface area contributed by atoms with E-state index < -0.39 is 11.8 Å². The molecule has 0 aliphatic carbocycles. The van der Waals surface area contributed by atoms with E-state index in [0.29, 0.717) is 5.56 Å². The van der Waals surface area contributed by atoms with Gasteiger partial charge in [-0.05, 0) is 24.3 Å². The summed E-state index contributed by atoms with van der Waals surface area (Å²) in [6.07, 6.45) is 6.36. The topological polar surface area (TPSA) is 88.6 Å². The van der Waals surface area contributed by atoms with Gasteiger partial charge in [-0.25, -0.2) is 4.98 Å². The van der Waals surface area contributed by atoms with Gasteiger partial charge < -0.3 is 8.82 Å². The third-order valence-corrected chi connectivity index (χ3v) is 2.69. The highest BCUT2D eigenvalue weighted by Crippen LogP contribution is 2.04. The van der Waals surface area contributed by atoms with Crippen LogP contribution in [0.5, 0.6) is 0 Å². The van der Waals surface area contributed by atoms with Gasteiger partial charge in [0.25, 0.3) is 5.91 Å². The van der Waals surface area contributed by atoms with E-state index in [1.807, 2.05) is 0 Å². The molecule has 0 radical (unpaired) electrons. The van der Waals surface area contributed by atoms with E-state index in [1.54, 1.807) is 41.2 Å². The molecule has 2 N–H and O–H groups in total. The molecule has 7 nitrogen and oxygen atoms in total. The highest BCUT2D eigenvalue weighted by Gasteiger charge is 2.11. The molecule has 0 aliphatic rings. The number of hydrogen-bond acceptors (Lipinski definition) is 4. The lowest BCUT2D eigenvalue weighted by molar-refractivity contribution is 0.0830. The van der Waals surface area contributed by atoms with Gasteiger partial charge >= 0.3 is 5.91 Å². The Morgan fingerprint density at radius 2 is 2.00 bits per heavy atom. The SMILES string of the molecule is O=C(NNC(=O)c1ccco1)c1ccc2nccn2c1. The molecular weight excluding hydrogens is 260 g/mol. The van der Waals surface area contributed by atoms with Gasteiger partial charge in [-0.3, -0.25) is 20.4 Å². The third-order valence-electron chi connectivity index (χ3n) is 2.69. The van der Waals surface area contributed by atoms with Crippen LogP contribution in [0.1, 0.15) is 20.9 Å². The lowest BCUT2D eigenvalue weighted by atomic mass is 10.3. The molecular formula is C13H10N4O3. The van der Waals surface area contributed by atoms with Gasteiger partial charge in [-0.2, -0.15) is 0 Å². The third kappa shape index (κ3) is 2.24. The first-order chi connectivity index (χ1) is 9.74. The van der Waals surface area contributed by atoms with Gasteiger partial charge in [-0.1, -0.05) is 0 Å². The van der Waals surface area contributed by atoms with Gasteiger partial charge in [0.1, 0.15) is 5.65 Å². The number of nitrogens with one attached hydrogen (secondary N) is 2. The maximum absolute atomic E-state index is 11.9. The number of hydrogen-bond donors (Lipinski definition) is 2. The maximum atomic E-state index is 11.9. The van der Waals surface area contributed by atoms with E-state index in [1.165, 1.54) is 12.3 Å². The smallest absolute Gasteiger partial charge is 0.305 e. The summed E-state index contributed by atoms with van der Waals surface area (Å²) in [5.74, 6) is -0.831. The van der Waals surface area contributed by atoms with Crippen molar-refractivity contribution in [2.75, 3.05) is 0 Å². The Hall–Kier alpha value is -3.09. The van der Waals surface area contributed by atoms with Crippen LogP contribution in [0.2, 0.25) is 0 Å². The Balaban J connectivity index is 1.68. The fourth-order valence-electron chi connectivity index (χ4n) is 1.71. The Kier molecular flexibility index (Phi) is 2.92. The Labute approximate surface area is 113 Å². The zero-order valence-corrected chi connectivity index (χ0v) is 10.2. The minimum Gasteiger partial charge on any atom is -0.459 e. The molecule has 0 bridgehead atoms. The summed E-state index contributed by atoms with van der Waals surface area (Å²) in [5.41, 5.74) is 5.72. The molecule has 0 saturated carbocycles. The van der Waals surface area contributed by atoms with E-state index >= 15 is 0 Å². The standard InChI is InChI=1S/C13H10N4O3/c18-12(15-16-13(19)10-2-1-7-20-10)9-3-4-11-14-5-6-17(11)8-9/h1-8H,(H,15,18)(H,16,19). The van der Waals surface area contributed by atoms with Crippen molar-refractivity contribution in [1.29, 1.82) is 0 Å². The molecule has 0 fully saturated rings. The van der Waals surface area contributed by atoms with Crippen LogP contribution in [0.25, 0.3) is 5.65 Å². The van der Waals surface area contributed by atoms with Crippen molar-refractivity contribution in [2.24, 2.45) is 0 Å². The van der Waals surface area contributed by atoms with Crippen LogP contribution in [0.15, 0.2) is 53.5 Å². The number of fused-ring (bicyclic) bond motifs is 1. The number of imidazole rings is 1. The Morgan fingerprint density at radius 3 is 2.80 bits per heavy atom. The first kappa shape index (κ1) is 12.0. The van der Waals surface area contributed by atoms with Crippen molar-refractivity contribution in [3.63, 3.8) is 0 Å². The van der Waals surface area contributed by atoms with Crippen LogP contribution in [0.3, 0.4) is 0 Å². The van der Waals surface area contributed by atoms with Gasteiger partial charge in [0.05, 0.1) is 11.8 Å². The van der Waals surface area contributed by atoms with E-state index in [4.69, 9.17) is 4.42 Å². The van der Waals surface area contributed by atoms with Gasteiger partial charge in [0.2, 0.25) is 0 Å². The first-order valence-corrected chi connectivity index (χ1v) is 5.81. The molecule has 3 heterocycles. The number of furan rings is 1. The van der Waals surface area contributed by atoms with Crippen LogP contribution in [-0.4, -0.2) is 21.2 Å². The fraction of sp³-hybridized carbons (Fsp3) is 0. The van der Waals surface area contributed by atoms with Crippen molar-refractivity contribution in [2.45, 2.75) is 0 Å². The second-order valence-corrected chi connectivity index (χ2v) is 4.00. The van der Waals surface area contributed by atoms with Crippen LogP contribution in [0, 0.1) is 0 Å². The molecule has 2 amide bonds. The molecule has 0 unspecified atom stereocenters. The van der Waals surface area contributed by atoms with Crippen LogP contribution >= 0.6 is 0 Å². The quantitative estimate of drug-likeness (QED) is 0.680. The second kappa shape index (κ2) is 4.88. The summed E-state index contributed by atoms with van der Waals surface area (Å²) in [7, 11) is 0. The fourth-order valence-corrected chi connectivity index (χ4v) is 1.71. The Bertz CT molecular complexity index is 761. The molecule has 0 aromatic carbocycles. The highest BCUT2D eigenvalue weighted by molar-refractivity contribution is 5.97. The number of pyridine rings is 1. The van der Waals surface area contributed by atoms with Crippen molar-refractivity contribution in [1.82, 2.24) is 20.2 Å². The van der Waals surface area contributed by atoms with Gasteiger partial charge in [-0.15, -0.1) is 0 Å². The summed E-state index contributed by atoms with van der Waals surface area (Å²) >= 11 is 0. The molecule has 7 heteroatoms. The normalized spacial score (nSPS) is 10.4. The summed E-state index contributed by atoms with van der Waals surface area (Å²) < 4.78 is 6.62. The van der Waals surface area contributed by atoms with Crippen molar-refractivity contribution >= 4 is 17.5 Å². The number of carbonyl (C=O) groups is 2. The lowest BCUT2D eigenvalue weighted by Gasteiger charge is -2.06. The van der Waals surface area contributed by atoms with Crippen LogP contribution in [-0.2, 0) is 0 Å². The van der Waals surface area contributed by atoms with E-state index in [2.05, 4.69) is 15.8 Å². The number of rotatable bonds is 2. The minimum atomic E-state index is -0.521. The largest absolute Gasteiger partial charge is 0.459 e. The molecule has 3 rings (SSSR count). The van der Waals surface area contributed by atoms with E-state index in [0.717, 1.165) is 5.65 Å². The molecule has 100 valence electrons. The number of nitrogens with zero attached hydrogens (tertiary/aromatic N) is 2. The zero-order valence-electron chi connectivity index (χ0n) is 10.2. The molecule has 0 atom stereocenters. The summed E-state index contributed by atoms with van der Waals surface area (Å²) in [6.45, 7) is 0. The minimum absolute atomic E-state index is 0.121. The van der Waals surface area contributed by atoms with Crippen LogP contribution < -0.4 is 10.9 Å². The average Bonchev–Trinajstić information content (AvgIpc) is 3.13. The molecule has 20 heavy (non-hydrogen) atoms. The van der Waals surface area contributed by atoms with E-state index in [-0.39, 0.29) is 5.76 Å². The van der Waals surface area contributed by atoms with Crippen molar-refractivity contribution < 1.29 is 14.0 Å². The monoisotopic (exact) mass is 270 g/mol. The summed E-state index contributed by atoms with van der Waals surface area (Å²) in [5, 5.41) is 0. The van der Waals surface area contributed by atoms with Gasteiger partial charge in [0, 0.05) is 18.6 Å². The average molecular weight is 270 g/mol. The predicted octanol–water partition coefficient (Wildman–Crippen LogP) is 1.00. The lowest BCUT2D eigenvalue weighted by Crippen LogP contribution is -2.41. The summed E-state index contributed by atoms with van der Waals surface area (Å²) in [6, 6.07) is 6.42. The summed E-state index contributed by atoms with van der Waals surface area (Å²) in [4.78, 5) is 27.5. The van der Waals surface area contributed by atoms with Crippen molar-refractivity contribution in [3.8, 4) is 0 Å². The van der Waals surface area contributed by atoms with E-state index in [9.17, 15) is 9.59 Å². The maximum Gasteiger partial charge on any atom is 0.305 e. The number of hydrazine groups is 1.